The van der Waals surface area contributed by atoms with Crippen LogP contribution >= 0.6 is 23.4 Å². The van der Waals surface area contributed by atoms with Crippen LogP contribution in [0.25, 0.3) is 0 Å². The van der Waals surface area contributed by atoms with Gasteiger partial charge in [-0.3, -0.25) is 0 Å². The summed E-state index contributed by atoms with van der Waals surface area (Å²) in [5.41, 5.74) is 1.11. The normalized spacial score (nSPS) is 11.0. The highest BCUT2D eigenvalue weighted by molar-refractivity contribution is 7.98. The lowest BCUT2D eigenvalue weighted by molar-refractivity contribution is 0.276. The summed E-state index contributed by atoms with van der Waals surface area (Å²) < 4.78 is 1.92. The number of aliphatic hydroxyl groups is 1. The number of thioether (sulfide) groups is 1. The predicted molar refractivity (Wildman–Crippen MR) is 88.1 cm³/mol. The SMILES string of the molecule is CSCCc1nc(Cc2cccc(Cl)c2)nn1CCCO. The summed E-state index contributed by atoms with van der Waals surface area (Å²) in [7, 11) is 0. The number of aliphatic hydroxyl groups excluding tert-OH is 1. The molecule has 0 saturated carbocycles. The molecule has 0 saturated heterocycles. The van der Waals surface area contributed by atoms with Gasteiger partial charge in [-0.1, -0.05) is 23.7 Å². The Morgan fingerprint density at radius 3 is 2.95 bits per heavy atom. The number of halogens is 1. The average molecular weight is 326 g/mol. The third kappa shape index (κ3) is 5.02. The number of aromatic nitrogens is 3. The predicted octanol–water partition coefficient (Wildman–Crippen LogP) is 2.81. The number of hydrogen-bond acceptors (Lipinski definition) is 4. The van der Waals surface area contributed by atoms with Crippen molar-refractivity contribution in [3.63, 3.8) is 0 Å². The Morgan fingerprint density at radius 2 is 2.24 bits per heavy atom. The van der Waals surface area contributed by atoms with Crippen LogP contribution in [0.15, 0.2) is 24.3 Å². The molecular weight excluding hydrogens is 306 g/mol. The Kier molecular flexibility index (Phi) is 6.54. The molecule has 0 aliphatic rings. The molecule has 114 valence electrons. The number of nitrogens with zero attached hydrogens (tertiary/aromatic N) is 3. The first-order valence-corrected chi connectivity index (χ1v) is 8.77. The van der Waals surface area contributed by atoms with Gasteiger partial charge < -0.3 is 5.11 Å². The molecule has 4 nitrogen and oxygen atoms in total. The van der Waals surface area contributed by atoms with Gasteiger partial charge in [-0.2, -0.15) is 16.9 Å². The van der Waals surface area contributed by atoms with Gasteiger partial charge in [0.15, 0.2) is 5.82 Å². The van der Waals surface area contributed by atoms with E-state index < -0.39 is 0 Å². The molecule has 0 amide bonds. The fraction of sp³-hybridized carbons (Fsp3) is 0.467. The van der Waals surface area contributed by atoms with E-state index >= 15 is 0 Å². The van der Waals surface area contributed by atoms with Crippen molar-refractivity contribution in [2.24, 2.45) is 0 Å². The molecule has 1 aromatic carbocycles. The summed E-state index contributed by atoms with van der Waals surface area (Å²) in [5.74, 6) is 2.83. The number of benzene rings is 1. The van der Waals surface area contributed by atoms with Gasteiger partial charge >= 0.3 is 0 Å². The zero-order chi connectivity index (χ0) is 15.1. The number of rotatable bonds is 8. The van der Waals surface area contributed by atoms with Gasteiger partial charge in [0, 0.05) is 36.8 Å². The summed E-state index contributed by atoms with van der Waals surface area (Å²) in [6, 6.07) is 7.77. The van der Waals surface area contributed by atoms with Gasteiger partial charge in [-0.15, -0.1) is 0 Å². The molecule has 0 unspecified atom stereocenters. The minimum absolute atomic E-state index is 0.172. The quantitative estimate of drug-likeness (QED) is 0.811. The molecule has 0 aliphatic heterocycles. The van der Waals surface area contributed by atoms with Crippen LogP contribution in [-0.4, -0.2) is 38.5 Å². The van der Waals surface area contributed by atoms with Crippen LogP contribution in [0, 0.1) is 0 Å². The second-order valence-electron chi connectivity index (χ2n) is 4.79. The van der Waals surface area contributed by atoms with Crippen molar-refractivity contribution in [2.75, 3.05) is 18.6 Å². The van der Waals surface area contributed by atoms with E-state index in [9.17, 15) is 0 Å². The third-order valence-electron chi connectivity index (χ3n) is 3.10. The Balaban J connectivity index is 2.13. The number of aryl methyl sites for hydroxylation is 2. The molecular formula is C15H20ClN3OS. The molecule has 2 rings (SSSR count). The molecule has 21 heavy (non-hydrogen) atoms. The minimum atomic E-state index is 0.172. The average Bonchev–Trinajstić information content (AvgIpc) is 2.84. The lowest BCUT2D eigenvalue weighted by atomic mass is 10.1. The van der Waals surface area contributed by atoms with E-state index in [-0.39, 0.29) is 6.61 Å². The maximum absolute atomic E-state index is 8.99. The first kappa shape index (κ1) is 16.3. The zero-order valence-electron chi connectivity index (χ0n) is 12.1. The van der Waals surface area contributed by atoms with Gasteiger partial charge in [0.2, 0.25) is 0 Å². The van der Waals surface area contributed by atoms with Gasteiger partial charge in [0.05, 0.1) is 0 Å². The van der Waals surface area contributed by atoms with E-state index in [0.29, 0.717) is 19.4 Å². The second kappa shape index (κ2) is 8.41. The summed E-state index contributed by atoms with van der Waals surface area (Å²) in [6.07, 6.45) is 4.36. The van der Waals surface area contributed by atoms with Crippen molar-refractivity contribution in [3.8, 4) is 0 Å². The fourth-order valence-corrected chi connectivity index (χ4v) is 2.71. The monoisotopic (exact) mass is 325 g/mol. The lowest BCUT2D eigenvalue weighted by Gasteiger charge is -2.03. The molecule has 0 radical (unpaired) electrons. The highest BCUT2D eigenvalue weighted by Gasteiger charge is 2.10. The molecule has 0 fully saturated rings. The van der Waals surface area contributed by atoms with Crippen LogP contribution < -0.4 is 0 Å². The summed E-state index contributed by atoms with van der Waals surface area (Å²) in [5, 5.41) is 14.3. The van der Waals surface area contributed by atoms with Crippen molar-refractivity contribution in [1.82, 2.24) is 14.8 Å². The Bertz CT molecular complexity index is 548. The highest BCUT2D eigenvalue weighted by atomic mass is 35.5. The Hall–Kier alpha value is -1.04. The van der Waals surface area contributed by atoms with E-state index in [1.54, 1.807) is 11.8 Å². The summed E-state index contributed by atoms with van der Waals surface area (Å²) >= 11 is 7.80. The molecule has 1 aromatic heterocycles. The highest BCUT2D eigenvalue weighted by Crippen LogP contribution is 2.14. The van der Waals surface area contributed by atoms with Crippen molar-refractivity contribution < 1.29 is 5.11 Å². The molecule has 0 spiro atoms. The van der Waals surface area contributed by atoms with Gasteiger partial charge in [0.25, 0.3) is 0 Å². The standard InChI is InChI=1S/C15H20ClN3OS/c1-21-9-6-15-17-14(18-19(15)7-3-8-20)11-12-4-2-5-13(16)10-12/h2,4-5,10,20H,3,6-9,11H2,1H3. The van der Waals surface area contributed by atoms with E-state index in [4.69, 9.17) is 16.7 Å². The first-order chi connectivity index (χ1) is 10.2. The van der Waals surface area contributed by atoms with E-state index in [1.165, 1.54) is 0 Å². The van der Waals surface area contributed by atoms with Crippen LogP contribution in [0.1, 0.15) is 23.6 Å². The maximum Gasteiger partial charge on any atom is 0.155 e. The van der Waals surface area contributed by atoms with Crippen molar-refractivity contribution in [2.45, 2.75) is 25.8 Å². The van der Waals surface area contributed by atoms with Crippen LogP contribution in [0.5, 0.6) is 0 Å². The van der Waals surface area contributed by atoms with Crippen molar-refractivity contribution in [3.05, 3.63) is 46.5 Å². The van der Waals surface area contributed by atoms with Crippen LogP contribution in [0.2, 0.25) is 5.02 Å². The lowest BCUT2D eigenvalue weighted by Crippen LogP contribution is -2.08. The van der Waals surface area contributed by atoms with E-state index in [1.807, 2.05) is 28.9 Å². The first-order valence-electron chi connectivity index (χ1n) is 6.99. The van der Waals surface area contributed by atoms with Crippen LogP contribution in [-0.2, 0) is 19.4 Å². The number of hydrogen-bond donors (Lipinski definition) is 1. The Labute approximate surface area is 134 Å². The Morgan fingerprint density at radius 1 is 1.38 bits per heavy atom. The molecule has 6 heteroatoms. The smallest absolute Gasteiger partial charge is 0.155 e. The van der Waals surface area contributed by atoms with Crippen molar-refractivity contribution >= 4 is 23.4 Å². The molecule has 0 bridgehead atoms. The molecule has 1 N–H and O–H groups in total. The molecule has 2 aromatic rings. The molecule has 0 atom stereocenters. The minimum Gasteiger partial charge on any atom is -0.396 e. The molecule has 0 aliphatic carbocycles. The fourth-order valence-electron chi connectivity index (χ4n) is 2.11. The van der Waals surface area contributed by atoms with Gasteiger partial charge in [-0.25, -0.2) is 9.67 Å². The molecule has 1 heterocycles. The van der Waals surface area contributed by atoms with Gasteiger partial charge in [-0.05, 0) is 30.4 Å². The van der Waals surface area contributed by atoms with Crippen molar-refractivity contribution in [1.29, 1.82) is 0 Å². The largest absolute Gasteiger partial charge is 0.396 e. The maximum atomic E-state index is 8.99. The second-order valence-corrected chi connectivity index (χ2v) is 6.22. The summed E-state index contributed by atoms with van der Waals surface area (Å²) in [6.45, 7) is 0.883. The topological polar surface area (TPSA) is 50.9 Å². The third-order valence-corrected chi connectivity index (χ3v) is 3.95. The zero-order valence-corrected chi connectivity index (χ0v) is 13.7. The van der Waals surface area contributed by atoms with E-state index in [2.05, 4.69) is 16.3 Å². The van der Waals surface area contributed by atoms with Crippen LogP contribution in [0.3, 0.4) is 0 Å². The van der Waals surface area contributed by atoms with Gasteiger partial charge in [0.1, 0.15) is 5.82 Å². The summed E-state index contributed by atoms with van der Waals surface area (Å²) in [4.78, 5) is 4.64. The van der Waals surface area contributed by atoms with Crippen LogP contribution in [0.4, 0.5) is 0 Å². The van der Waals surface area contributed by atoms with E-state index in [0.717, 1.165) is 34.4 Å².